The van der Waals surface area contributed by atoms with Crippen LogP contribution < -0.4 is 4.90 Å². The van der Waals surface area contributed by atoms with E-state index >= 15 is 0 Å². The van der Waals surface area contributed by atoms with Gasteiger partial charge >= 0.3 is 0 Å². The lowest BCUT2D eigenvalue weighted by atomic mass is 10.3. The molecule has 13 heavy (non-hydrogen) atoms. The van der Waals surface area contributed by atoms with E-state index < -0.39 is 0 Å². The quantitative estimate of drug-likeness (QED) is 0.723. The standard InChI is InChI=1S/C10H13NOS/c1-3-13-10(12)11(2)9-7-5-4-6-8-9/h4-8H,3H2,1-2H3. The second kappa shape index (κ2) is 4.92. The van der Waals surface area contributed by atoms with Gasteiger partial charge < -0.3 is 4.90 Å². The molecular formula is C10H13NOS. The first kappa shape index (κ1) is 10.1. The maximum atomic E-state index is 11.4. The van der Waals surface area contributed by atoms with Gasteiger partial charge in [0.05, 0.1) is 0 Å². The third-order valence-electron chi connectivity index (χ3n) is 1.69. The van der Waals surface area contributed by atoms with Gasteiger partial charge in [-0.05, 0) is 17.9 Å². The Kier molecular flexibility index (Phi) is 3.83. The van der Waals surface area contributed by atoms with Gasteiger partial charge in [0.15, 0.2) is 0 Å². The molecule has 0 aliphatic rings. The molecule has 0 spiro atoms. The van der Waals surface area contributed by atoms with Gasteiger partial charge in [0.25, 0.3) is 5.24 Å². The van der Waals surface area contributed by atoms with Crippen LogP contribution in [0.2, 0.25) is 0 Å². The summed E-state index contributed by atoms with van der Waals surface area (Å²) in [7, 11) is 1.79. The van der Waals surface area contributed by atoms with Crippen molar-refractivity contribution in [3.05, 3.63) is 30.3 Å². The third-order valence-corrected chi connectivity index (χ3v) is 2.49. The second-order valence-corrected chi connectivity index (χ2v) is 3.81. The fourth-order valence-electron chi connectivity index (χ4n) is 0.977. The summed E-state index contributed by atoms with van der Waals surface area (Å²) in [6.07, 6.45) is 0. The van der Waals surface area contributed by atoms with Crippen LogP contribution >= 0.6 is 11.8 Å². The van der Waals surface area contributed by atoms with E-state index in [0.29, 0.717) is 0 Å². The highest BCUT2D eigenvalue weighted by Crippen LogP contribution is 2.16. The maximum absolute atomic E-state index is 11.4. The van der Waals surface area contributed by atoms with Crippen LogP contribution in [-0.4, -0.2) is 18.0 Å². The van der Waals surface area contributed by atoms with Crippen molar-refractivity contribution in [3.8, 4) is 0 Å². The van der Waals surface area contributed by atoms with Crippen LogP contribution in [0.1, 0.15) is 6.92 Å². The summed E-state index contributed by atoms with van der Waals surface area (Å²) >= 11 is 1.32. The number of thioether (sulfide) groups is 1. The van der Waals surface area contributed by atoms with E-state index in [1.165, 1.54) is 11.8 Å². The van der Waals surface area contributed by atoms with Gasteiger partial charge in [-0.2, -0.15) is 0 Å². The molecule has 0 saturated carbocycles. The smallest absolute Gasteiger partial charge is 0.285 e. The summed E-state index contributed by atoms with van der Waals surface area (Å²) in [5.41, 5.74) is 0.938. The molecule has 0 fully saturated rings. The fourth-order valence-corrected chi connectivity index (χ4v) is 1.52. The lowest BCUT2D eigenvalue weighted by Gasteiger charge is -2.15. The molecule has 3 heteroatoms. The predicted molar refractivity (Wildman–Crippen MR) is 58.4 cm³/mol. The number of para-hydroxylation sites is 1. The van der Waals surface area contributed by atoms with Gasteiger partial charge in [0.1, 0.15) is 0 Å². The normalized spacial score (nSPS) is 9.69. The van der Waals surface area contributed by atoms with Crippen molar-refractivity contribution in [1.82, 2.24) is 0 Å². The van der Waals surface area contributed by atoms with Crippen LogP contribution in [0.4, 0.5) is 10.5 Å². The van der Waals surface area contributed by atoms with E-state index in [4.69, 9.17) is 0 Å². The number of benzene rings is 1. The summed E-state index contributed by atoms with van der Waals surface area (Å²) < 4.78 is 0. The van der Waals surface area contributed by atoms with Crippen LogP contribution in [-0.2, 0) is 0 Å². The van der Waals surface area contributed by atoms with Crippen molar-refractivity contribution in [3.63, 3.8) is 0 Å². The first-order chi connectivity index (χ1) is 6.25. The average molecular weight is 195 g/mol. The largest absolute Gasteiger partial charge is 0.306 e. The number of hydrogen-bond acceptors (Lipinski definition) is 2. The lowest BCUT2D eigenvalue weighted by molar-refractivity contribution is 0.266. The van der Waals surface area contributed by atoms with Crippen molar-refractivity contribution in [1.29, 1.82) is 0 Å². The SMILES string of the molecule is CCSC(=O)N(C)c1ccccc1. The van der Waals surface area contributed by atoms with Crippen LogP contribution in [0.25, 0.3) is 0 Å². The molecule has 1 aromatic rings. The zero-order valence-corrected chi connectivity index (χ0v) is 8.67. The number of nitrogens with zero attached hydrogens (tertiary/aromatic N) is 1. The first-order valence-corrected chi connectivity index (χ1v) is 5.19. The molecule has 0 atom stereocenters. The monoisotopic (exact) mass is 195 g/mol. The Bertz CT molecular complexity index is 274. The van der Waals surface area contributed by atoms with E-state index in [0.717, 1.165) is 11.4 Å². The lowest BCUT2D eigenvalue weighted by Crippen LogP contribution is -2.21. The summed E-state index contributed by atoms with van der Waals surface area (Å²) in [6, 6.07) is 9.64. The molecule has 1 rings (SSSR count). The third kappa shape index (κ3) is 2.77. The molecule has 2 nitrogen and oxygen atoms in total. The van der Waals surface area contributed by atoms with Crippen molar-refractivity contribution >= 4 is 22.7 Å². The molecule has 0 N–H and O–H groups in total. The minimum Gasteiger partial charge on any atom is -0.306 e. The molecule has 1 amide bonds. The van der Waals surface area contributed by atoms with Crippen LogP contribution in [0, 0.1) is 0 Å². The van der Waals surface area contributed by atoms with Gasteiger partial charge in [-0.3, -0.25) is 4.79 Å². The van der Waals surface area contributed by atoms with Crippen molar-refractivity contribution in [2.45, 2.75) is 6.92 Å². The number of carbonyl (C=O) groups excluding carboxylic acids is 1. The van der Waals surface area contributed by atoms with Gasteiger partial charge in [0, 0.05) is 12.7 Å². The molecular weight excluding hydrogens is 182 g/mol. The Balaban J connectivity index is 2.68. The van der Waals surface area contributed by atoms with Crippen molar-refractivity contribution in [2.24, 2.45) is 0 Å². The zero-order valence-electron chi connectivity index (χ0n) is 7.86. The highest BCUT2D eigenvalue weighted by Gasteiger charge is 2.08. The van der Waals surface area contributed by atoms with E-state index in [2.05, 4.69) is 0 Å². The van der Waals surface area contributed by atoms with Gasteiger partial charge in [-0.1, -0.05) is 36.9 Å². The number of carbonyl (C=O) groups is 1. The number of anilines is 1. The Labute approximate surface area is 82.9 Å². The molecule has 0 bridgehead atoms. The first-order valence-electron chi connectivity index (χ1n) is 4.21. The van der Waals surface area contributed by atoms with Gasteiger partial charge in [-0.25, -0.2) is 0 Å². The molecule has 1 aromatic carbocycles. The highest BCUT2D eigenvalue weighted by molar-refractivity contribution is 8.13. The molecule has 70 valence electrons. The van der Waals surface area contributed by atoms with Gasteiger partial charge in [0.2, 0.25) is 0 Å². The van der Waals surface area contributed by atoms with Gasteiger partial charge in [-0.15, -0.1) is 0 Å². The highest BCUT2D eigenvalue weighted by atomic mass is 32.2. The Morgan fingerprint density at radius 2 is 2.00 bits per heavy atom. The predicted octanol–water partition coefficient (Wildman–Crippen LogP) is 3.00. The van der Waals surface area contributed by atoms with E-state index in [-0.39, 0.29) is 5.24 Å². The Hall–Kier alpha value is -0.960. The average Bonchev–Trinajstić information content (AvgIpc) is 2.18. The topological polar surface area (TPSA) is 20.3 Å². The minimum absolute atomic E-state index is 0.0914. The molecule has 0 aliphatic heterocycles. The van der Waals surface area contributed by atoms with Crippen molar-refractivity contribution in [2.75, 3.05) is 17.7 Å². The van der Waals surface area contributed by atoms with E-state index in [9.17, 15) is 4.79 Å². The number of rotatable bonds is 2. The summed E-state index contributed by atoms with van der Waals surface area (Å²) in [4.78, 5) is 13.1. The van der Waals surface area contributed by atoms with Crippen LogP contribution in [0.3, 0.4) is 0 Å². The number of hydrogen-bond donors (Lipinski definition) is 0. The van der Waals surface area contributed by atoms with E-state index in [1.807, 2.05) is 37.3 Å². The summed E-state index contributed by atoms with van der Waals surface area (Å²) in [5.74, 6) is 0.815. The van der Waals surface area contributed by atoms with Crippen LogP contribution in [0.5, 0.6) is 0 Å². The summed E-state index contributed by atoms with van der Waals surface area (Å²) in [6.45, 7) is 1.97. The molecule has 0 unspecified atom stereocenters. The zero-order chi connectivity index (χ0) is 9.68. The molecule has 0 radical (unpaired) electrons. The fraction of sp³-hybridized carbons (Fsp3) is 0.300. The minimum atomic E-state index is 0.0914. The van der Waals surface area contributed by atoms with Crippen LogP contribution in [0.15, 0.2) is 30.3 Å². The van der Waals surface area contributed by atoms with E-state index in [1.54, 1.807) is 11.9 Å². The summed E-state index contributed by atoms with van der Waals surface area (Å²) in [5, 5.41) is 0.0914. The molecule has 0 aliphatic carbocycles. The number of amides is 1. The van der Waals surface area contributed by atoms with Crippen molar-refractivity contribution < 1.29 is 4.79 Å². The molecule has 0 heterocycles. The second-order valence-electron chi connectivity index (χ2n) is 2.59. The Morgan fingerprint density at radius 3 is 2.54 bits per heavy atom. The Morgan fingerprint density at radius 1 is 1.38 bits per heavy atom. The molecule has 0 saturated heterocycles. The maximum Gasteiger partial charge on any atom is 0.285 e. The molecule has 0 aromatic heterocycles.